The highest BCUT2D eigenvalue weighted by molar-refractivity contribution is 6.30. The van der Waals surface area contributed by atoms with Crippen molar-refractivity contribution >= 4 is 29.0 Å². The van der Waals surface area contributed by atoms with Crippen molar-refractivity contribution in [2.24, 2.45) is 0 Å². The van der Waals surface area contributed by atoms with Crippen molar-refractivity contribution in [1.29, 1.82) is 0 Å². The third kappa shape index (κ3) is 4.02. The van der Waals surface area contributed by atoms with E-state index in [1.807, 2.05) is 0 Å². The molecule has 0 bridgehead atoms. The minimum Gasteiger partial charge on any atom is -0.328 e. The van der Waals surface area contributed by atoms with Crippen LogP contribution in [-0.4, -0.2) is 16.7 Å². The van der Waals surface area contributed by atoms with E-state index in [0.29, 0.717) is 27.4 Å². The molecule has 3 rings (SSSR count). The topological polar surface area (TPSA) is 79.0 Å². The number of aromatic nitrogens is 1. The van der Waals surface area contributed by atoms with Crippen molar-refractivity contribution in [3.63, 3.8) is 0 Å². The Morgan fingerprint density at radius 3 is 2.28 bits per heavy atom. The lowest BCUT2D eigenvalue weighted by molar-refractivity contribution is 0.102. The molecule has 0 radical (unpaired) electrons. The molecule has 124 valence electrons. The van der Waals surface area contributed by atoms with Crippen molar-refractivity contribution in [2.45, 2.75) is 0 Å². The average molecular weight is 353 g/mol. The van der Waals surface area contributed by atoms with Crippen LogP contribution in [0.15, 0.2) is 71.7 Å². The van der Waals surface area contributed by atoms with Gasteiger partial charge in [0.2, 0.25) is 5.56 Å². The van der Waals surface area contributed by atoms with E-state index < -0.39 is 0 Å². The van der Waals surface area contributed by atoms with E-state index >= 15 is 0 Å². The van der Waals surface area contributed by atoms with Crippen molar-refractivity contribution in [1.82, 2.24) is 4.98 Å². The Balaban J connectivity index is 1.80. The number of aromatic amines is 1. The number of H-pyrrole nitrogens is 1. The number of ketones is 1. The average Bonchev–Trinajstić information content (AvgIpc) is 2.62. The summed E-state index contributed by atoms with van der Waals surface area (Å²) >= 11 is 5.83. The molecule has 2 N–H and O–H groups in total. The van der Waals surface area contributed by atoms with Gasteiger partial charge in [0, 0.05) is 34.1 Å². The SMILES string of the molecule is O=C(Nc1cccc(C(=O)c2ccc(Cl)cc2)c1)c1ccc(=O)[nH]c1. The maximum absolute atomic E-state index is 12.5. The normalized spacial score (nSPS) is 10.3. The molecule has 0 aliphatic heterocycles. The lowest BCUT2D eigenvalue weighted by Crippen LogP contribution is -2.15. The molecule has 1 amide bonds. The van der Waals surface area contributed by atoms with Gasteiger partial charge in [0.1, 0.15) is 0 Å². The Kier molecular flexibility index (Phi) is 4.77. The highest BCUT2D eigenvalue weighted by Gasteiger charge is 2.11. The summed E-state index contributed by atoms with van der Waals surface area (Å²) in [6.45, 7) is 0. The standard InChI is InChI=1S/C19H13ClN2O3/c20-15-7-4-12(5-8-15)18(24)13-2-1-3-16(10-13)22-19(25)14-6-9-17(23)21-11-14/h1-11H,(H,21,23)(H,22,25). The summed E-state index contributed by atoms with van der Waals surface area (Å²) in [6, 6.07) is 15.9. The van der Waals surface area contributed by atoms with E-state index in [-0.39, 0.29) is 17.2 Å². The molecule has 0 unspecified atom stereocenters. The lowest BCUT2D eigenvalue weighted by atomic mass is 10.0. The zero-order valence-corrected chi connectivity index (χ0v) is 13.7. The molecule has 1 aromatic heterocycles. The van der Waals surface area contributed by atoms with Crippen LogP contribution >= 0.6 is 11.6 Å². The highest BCUT2D eigenvalue weighted by Crippen LogP contribution is 2.17. The van der Waals surface area contributed by atoms with Gasteiger partial charge in [-0.3, -0.25) is 14.4 Å². The maximum atomic E-state index is 12.5. The summed E-state index contributed by atoms with van der Waals surface area (Å²) in [7, 11) is 0. The number of amides is 1. The summed E-state index contributed by atoms with van der Waals surface area (Å²) in [5.41, 5.74) is 1.47. The minimum absolute atomic E-state index is 0.170. The van der Waals surface area contributed by atoms with Crippen LogP contribution in [0.3, 0.4) is 0 Å². The van der Waals surface area contributed by atoms with Gasteiger partial charge in [0.15, 0.2) is 5.78 Å². The van der Waals surface area contributed by atoms with Crippen LogP contribution in [0.25, 0.3) is 0 Å². The molecule has 0 aliphatic carbocycles. The first-order chi connectivity index (χ1) is 12.0. The Morgan fingerprint density at radius 1 is 0.880 bits per heavy atom. The summed E-state index contributed by atoms with van der Waals surface area (Å²) in [4.78, 5) is 38.2. The third-order valence-corrected chi connectivity index (χ3v) is 3.79. The number of benzene rings is 2. The predicted octanol–water partition coefficient (Wildman–Crippen LogP) is 3.51. The number of anilines is 1. The fourth-order valence-corrected chi connectivity index (χ4v) is 2.39. The Morgan fingerprint density at radius 2 is 1.60 bits per heavy atom. The molecule has 0 spiro atoms. The monoisotopic (exact) mass is 352 g/mol. The zero-order valence-electron chi connectivity index (χ0n) is 13.0. The molecular weight excluding hydrogens is 340 g/mol. The fourth-order valence-electron chi connectivity index (χ4n) is 2.26. The molecule has 0 atom stereocenters. The smallest absolute Gasteiger partial charge is 0.257 e. The van der Waals surface area contributed by atoms with Gasteiger partial charge < -0.3 is 10.3 Å². The Labute approximate surface area is 148 Å². The molecule has 6 heteroatoms. The zero-order chi connectivity index (χ0) is 17.8. The van der Waals surface area contributed by atoms with Gasteiger partial charge >= 0.3 is 0 Å². The fraction of sp³-hybridized carbons (Fsp3) is 0. The molecule has 0 saturated heterocycles. The molecule has 5 nitrogen and oxygen atoms in total. The van der Waals surface area contributed by atoms with Gasteiger partial charge in [-0.25, -0.2) is 0 Å². The molecular formula is C19H13ClN2O3. The number of rotatable bonds is 4. The van der Waals surface area contributed by atoms with Crippen molar-refractivity contribution in [3.05, 3.63) is 98.9 Å². The van der Waals surface area contributed by atoms with E-state index in [1.54, 1.807) is 48.5 Å². The molecule has 3 aromatic rings. The molecule has 1 heterocycles. The van der Waals surface area contributed by atoms with Crippen LogP contribution in [0.4, 0.5) is 5.69 Å². The quantitative estimate of drug-likeness (QED) is 0.705. The largest absolute Gasteiger partial charge is 0.328 e. The number of hydrogen-bond donors (Lipinski definition) is 2. The first-order valence-electron chi connectivity index (χ1n) is 7.43. The van der Waals surface area contributed by atoms with Crippen LogP contribution in [0.2, 0.25) is 5.02 Å². The predicted molar refractivity (Wildman–Crippen MR) is 96.3 cm³/mol. The summed E-state index contributed by atoms with van der Waals surface area (Å²) < 4.78 is 0. The van der Waals surface area contributed by atoms with Gasteiger partial charge in [-0.1, -0.05) is 23.7 Å². The van der Waals surface area contributed by atoms with E-state index in [9.17, 15) is 14.4 Å². The van der Waals surface area contributed by atoms with E-state index in [1.165, 1.54) is 18.3 Å². The number of carbonyl (C=O) groups is 2. The van der Waals surface area contributed by atoms with E-state index in [0.717, 1.165) is 0 Å². The molecule has 0 aliphatic rings. The first-order valence-corrected chi connectivity index (χ1v) is 7.81. The van der Waals surface area contributed by atoms with Crippen LogP contribution in [0, 0.1) is 0 Å². The van der Waals surface area contributed by atoms with Crippen molar-refractivity contribution in [2.75, 3.05) is 5.32 Å². The number of hydrogen-bond acceptors (Lipinski definition) is 3. The van der Waals surface area contributed by atoms with Gasteiger partial charge in [-0.2, -0.15) is 0 Å². The number of carbonyl (C=O) groups excluding carboxylic acids is 2. The second-order valence-electron chi connectivity index (χ2n) is 5.31. The minimum atomic E-state index is -0.382. The number of nitrogens with one attached hydrogen (secondary N) is 2. The van der Waals surface area contributed by atoms with Crippen LogP contribution in [-0.2, 0) is 0 Å². The third-order valence-electron chi connectivity index (χ3n) is 3.54. The second-order valence-corrected chi connectivity index (χ2v) is 5.75. The van der Waals surface area contributed by atoms with E-state index in [2.05, 4.69) is 10.3 Å². The lowest BCUT2D eigenvalue weighted by Gasteiger charge is -2.07. The van der Waals surface area contributed by atoms with Crippen LogP contribution < -0.4 is 10.9 Å². The summed E-state index contributed by atoms with van der Waals surface area (Å²) in [5.74, 6) is -0.552. The Bertz CT molecular complexity index is 974. The van der Waals surface area contributed by atoms with Crippen molar-refractivity contribution < 1.29 is 9.59 Å². The van der Waals surface area contributed by atoms with Gasteiger partial charge in [0.05, 0.1) is 5.56 Å². The summed E-state index contributed by atoms with van der Waals surface area (Å²) in [6.07, 6.45) is 1.33. The summed E-state index contributed by atoms with van der Waals surface area (Å²) in [5, 5.41) is 3.25. The van der Waals surface area contributed by atoms with Crippen LogP contribution in [0.1, 0.15) is 26.3 Å². The molecule has 2 aromatic carbocycles. The highest BCUT2D eigenvalue weighted by atomic mass is 35.5. The van der Waals surface area contributed by atoms with Crippen LogP contribution in [0.5, 0.6) is 0 Å². The first kappa shape index (κ1) is 16.7. The van der Waals surface area contributed by atoms with Gasteiger partial charge in [-0.15, -0.1) is 0 Å². The number of pyridine rings is 1. The van der Waals surface area contributed by atoms with E-state index in [4.69, 9.17) is 11.6 Å². The molecule has 0 fully saturated rings. The van der Waals surface area contributed by atoms with Gasteiger partial charge in [0.25, 0.3) is 5.91 Å². The molecule has 25 heavy (non-hydrogen) atoms. The maximum Gasteiger partial charge on any atom is 0.257 e. The Hall–Kier alpha value is -3.18. The van der Waals surface area contributed by atoms with Gasteiger partial charge in [-0.05, 0) is 42.5 Å². The number of halogens is 1. The second kappa shape index (κ2) is 7.15. The van der Waals surface area contributed by atoms with Crippen molar-refractivity contribution in [3.8, 4) is 0 Å². The molecule has 0 saturated carbocycles.